The van der Waals surface area contributed by atoms with Crippen LogP contribution in [0.15, 0.2) is 24.3 Å². The van der Waals surface area contributed by atoms with Gasteiger partial charge in [0.05, 0.1) is 6.61 Å². The molecule has 0 saturated heterocycles. The molecular weight excluding hydrogens is 248 g/mol. The highest BCUT2D eigenvalue weighted by molar-refractivity contribution is 6.30. The number of nitrogens with zero attached hydrogens (tertiary/aromatic N) is 2. The van der Waals surface area contributed by atoms with Gasteiger partial charge in [-0.25, -0.2) is 9.97 Å². The first kappa shape index (κ1) is 13.0. The fraction of sp³-hybridized carbons (Fsp3) is 0.286. The number of rotatable bonds is 3. The second-order valence-corrected chi connectivity index (χ2v) is 4.54. The van der Waals surface area contributed by atoms with Crippen molar-refractivity contribution in [2.75, 3.05) is 7.11 Å². The van der Waals surface area contributed by atoms with Crippen LogP contribution in [0.25, 0.3) is 11.4 Å². The van der Waals surface area contributed by atoms with E-state index >= 15 is 0 Å². The lowest BCUT2D eigenvalue weighted by Gasteiger charge is -2.06. The number of hydrogen-bond acceptors (Lipinski definition) is 3. The molecule has 0 spiro atoms. The first-order valence-electron chi connectivity index (χ1n) is 5.71. The molecule has 0 unspecified atom stereocenters. The summed E-state index contributed by atoms with van der Waals surface area (Å²) in [7, 11) is 1.68. The minimum absolute atomic E-state index is 0.512. The Morgan fingerprint density at radius 2 is 1.78 bits per heavy atom. The lowest BCUT2D eigenvalue weighted by Crippen LogP contribution is -1.96. The van der Waals surface area contributed by atoms with E-state index in [1.807, 2.05) is 38.1 Å². The van der Waals surface area contributed by atoms with Crippen molar-refractivity contribution in [2.24, 2.45) is 0 Å². The highest BCUT2D eigenvalue weighted by Gasteiger charge is 2.07. The molecule has 3 nitrogen and oxygen atoms in total. The van der Waals surface area contributed by atoms with Gasteiger partial charge in [-0.2, -0.15) is 0 Å². The van der Waals surface area contributed by atoms with Gasteiger partial charge < -0.3 is 4.74 Å². The summed E-state index contributed by atoms with van der Waals surface area (Å²) >= 11 is 6.08. The quantitative estimate of drug-likeness (QED) is 0.794. The van der Waals surface area contributed by atoms with Crippen molar-refractivity contribution in [3.05, 3.63) is 46.2 Å². The van der Waals surface area contributed by atoms with Crippen LogP contribution in [0.4, 0.5) is 0 Å². The molecule has 1 aromatic carbocycles. The number of aryl methyl sites for hydroxylation is 1. The summed E-state index contributed by atoms with van der Waals surface area (Å²) in [5.74, 6) is 0.659. The zero-order chi connectivity index (χ0) is 13.1. The van der Waals surface area contributed by atoms with E-state index in [0.717, 1.165) is 22.4 Å². The SMILES string of the molecule is COCc1ccc(-c2nc(C)c(C)c(Cl)n2)cc1. The summed E-state index contributed by atoms with van der Waals surface area (Å²) in [5, 5.41) is 0.512. The van der Waals surface area contributed by atoms with E-state index in [1.54, 1.807) is 7.11 Å². The van der Waals surface area contributed by atoms with Crippen LogP contribution in [0.3, 0.4) is 0 Å². The van der Waals surface area contributed by atoms with Crippen molar-refractivity contribution in [1.82, 2.24) is 9.97 Å². The summed E-state index contributed by atoms with van der Waals surface area (Å²) in [6.45, 7) is 4.46. The predicted molar refractivity (Wildman–Crippen MR) is 72.7 cm³/mol. The Kier molecular flexibility index (Phi) is 3.94. The number of ether oxygens (including phenoxy) is 1. The number of aromatic nitrogens is 2. The summed E-state index contributed by atoms with van der Waals surface area (Å²) in [6, 6.07) is 7.97. The summed E-state index contributed by atoms with van der Waals surface area (Å²) in [6.07, 6.45) is 0. The second-order valence-electron chi connectivity index (χ2n) is 4.18. The van der Waals surface area contributed by atoms with Crippen molar-refractivity contribution in [3.63, 3.8) is 0 Å². The van der Waals surface area contributed by atoms with Crippen LogP contribution in [0.5, 0.6) is 0 Å². The van der Waals surface area contributed by atoms with Crippen LogP contribution < -0.4 is 0 Å². The van der Waals surface area contributed by atoms with Gasteiger partial charge in [-0.1, -0.05) is 35.9 Å². The van der Waals surface area contributed by atoms with Gasteiger partial charge in [0.2, 0.25) is 0 Å². The zero-order valence-corrected chi connectivity index (χ0v) is 11.5. The zero-order valence-electron chi connectivity index (χ0n) is 10.7. The summed E-state index contributed by atoms with van der Waals surface area (Å²) < 4.78 is 5.08. The average Bonchev–Trinajstić information content (AvgIpc) is 2.37. The van der Waals surface area contributed by atoms with Gasteiger partial charge in [-0.3, -0.25) is 0 Å². The van der Waals surface area contributed by atoms with Crippen LogP contribution in [0, 0.1) is 13.8 Å². The number of hydrogen-bond donors (Lipinski definition) is 0. The minimum atomic E-state index is 0.512. The van der Waals surface area contributed by atoms with Gasteiger partial charge in [-0.15, -0.1) is 0 Å². The highest BCUT2D eigenvalue weighted by Crippen LogP contribution is 2.21. The molecule has 0 aliphatic heterocycles. The van der Waals surface area contributed by atoms with Gasteiger partial charge in [0.15, 0.2) is 5.82 Å². The summed E-state index contributed by atoms with van der Waals surface area (Å²) in [4.78, 5) is 8.76. The molecule has 0 fully saturated rings. The molecule has 1 heterocycles. The van der Waals surface area contributed by atoms with E-state index in [2.05, 4.69) is 9.97 Å². The van der Waals surface area contributed by atoms with Crippen molar-refractivity contribution in [3.8, 4) is 11.4 Å². The molecule has 0 radical (unpaired) electrons. The topological polar surface area (TPSA) is 35.0 Å². The van der Waals surface area contributed by atoms with Gasteiger partial charge in [0.1, 0.15) is 5.15 Å². The fourth-order valence-electron chi connectivity index (χ4n) is 1.64. The highest BCUT2D eigenvalue weighted by atomic mass is 35.5. The van der Waals surface area contributed by atoms with Crippen molar-refractivity contribution < 1.29 is 4.74 Å². The number of methoxy groups -OCH3 is 1. The third-order valence-corrected chi connectivity index (χ3v) is 3.22. The smallest absolute Gasteiger partial charge is 0.161 e. The normalized spacial score (nSPS) is 10.7. The lowest BCUT2D eigenvalue weighted by atomic mass is 10.1. The first-order chi connectivity index (χ1) is 8.61. The molecule has 2 rings (SSSR count). The maximum absolute atomic E-state index is 6.08. The van der Waals surface area contributed by atoms with Crippen molar-refractivity contribution >= 4 is 11.6 Å². The second kappa shape index (κ2) is 5.46. The lowest BCUT2D eigenvalue weighted by molar-refractivity contribution is 0.185. The Hall–Kier alpha value is -1.45. The van der Waals surface area contributed by atoms with E-state index in [1.165, 1.54) is 0 Å². The molecule has 94 valence electrons. The molecule has 2 aromatic rings. The third-order valence-electron chi connectivity index (χ3n) is 2.85. The van der Waals surface area contributed by atoms with Crippen LogP contribution >= 0.6 is 11.6 Å². The molecular formula is C14H15ClN2O. The number of halogens is 1. The minimum Gasteiger partial charge on any atom is -0.380 e. The van der Waals surface area contributed by atoms with E-state index in [0.29, 0.717) is 17.6 Å². The Bertz CT molecular complexity index is 529. The Balaban J connectivity index is 2.36. The van der Waals surface area contributed by atoms with E-state index < -0.39 is 0 Å². The monoisotopic (exact) mass is 262 g/mol. The Morgan fingerprint density at radius 3 is 2.33 bits per heavy atom. The Labute approximate surface area is 112 Å². The number of benzene rings is 1. The first-order valence-corrected chi connectivity index (χ1v) is 6.08. The molecule has 18 heavy (non-hydrogen) atoms. The molecule has 0 atom stereocenters. The molecule has 0 N–H and O–H groups in total. The maximum Gasteiger partial charge on any atom is 0.161 e. The van der Waals surface area contributed by atoms with Gasteiger partial charge in [0, 0.05) is 23.9 Å². The standard InChI is InChI=1S/C14H15ClN2O/c1-9-10(2)16-14(17-13(9)15)12-6-4-11(5-7-12)8-18-3/h4-7H,8H2,1-3H3. The van der Waals surface area contributed by atoms with Crippen molar-refractivity contribution in [1.29, 1.82) is 0 Å². The van der Waals surface area contributed by atoms with Crippen LogP contribution in [0.2, 0.25) is 5.15 Å². The van der Waals surface area contributed by atoms with Gasteiger partial charge in [-0.05, 0) is 19.4 Å². The molecule has 0 aliphatic carbocycles. The van der Waals surface area contributed by atoms with E-state index in [-0.39, 0.29) is 0 Å². The van der Waals surface area contributed by atoms with Gasteiger partial charge in [0.25, 0.3) is 0 Å². The largest absolute Gasteiger partial charge is 0.380 e. The Morgan fingerprint density at radius 1 is 1.11 bits per heavy atom. The van der Waals surface area contributed by atoms with Crippen LogP contribution in [0.1, 0.15) is 16.8 Å². The molecule has 0 aliphatic rings. The molecule has 0 amide bonds. The van der Waals surface area contributed by atoms with E-state index in [9.17, 15) is 0 Å². The molecule has 0 bridgehead atoms. The third kappa shape index (κ3) is 2.68. The predicted octanol–water partition coefficient (Wildman–Crippen LogP) is 3.56. The maximum atomic E-state index is 6.08. The average molecular weight is 263 g/mol. The van der Waals surface area contributed by atoms with Crippen LogP contribution in [-0.2, 0) is 11.3 Å². The van der Waals surface area contributed by atoms with Gasteiger partial charge >= 0.3 is 0 Å². The van der Waals surface area contributed by atoms with Crippen molar-refractivity contribution in [2.45, 2.75) is 20.5 Å². The van der Waals surface area contributed by atoms with E-state index in [4.69, 9.17) is 16.3 Å². The molecule has 1 aromatic heterocycles. The fourth-order valence-corrected chi connectivity index (χ4v) is 1.86. The molecule has 4 heteroatoms. The van der Waals surface area contributed by atoms with Crippen LogP contribution in [-0.4, -0.2) is 17.1 Å². The molecule has 0 saturated carbocycles. The summed E-state index contributed by atoms with van der Waals surface area (Å²) in [5.41, 5.74) is 3.92.